The van der Waals surface area contributed by atoms with Crippen LogP contribution in [0.2, 0.25) is 0 Å². The van der Waals surface area contributed by atoms with Crippen LogP contribution in [0.4, 0.5) is 0 Å². The van der Waals surface area contributed by atoms with Gasteiger partial charge in [0.25, 0.3) is 5.91 Å². The van der Waals surface area contributed by atoms with Crippen LogP contribution in [-0.4, -0.2) is 56.8 Å². The van der Waals surface area contributed by atoms with Gasteiger partial charge < -0.3 is 10.1 Å². The maximum absolute atomic E-state index is 13.1. The van der Waals surface area contributed by atoms with Gasteiger partial charge in [0.05, 0.1) is 7.11 Å². The molecule has 7 nitrogen and oxygen atoms in total. The van der Waals surface area contributed by atoms with E-state index in [2.05, 4.69) is 22.3 Å². The second-order valence-electron chi connectivity index (χ2n) is 9.17. The number of nitrogens with zero attached hydrogens (tertiary/aromatic N) is 2. The van der Waals surface area contributed by atoms with Crippen LogP contribution in [0, 0.1) is 0 Å². The normalized spacial score (nSPS) is 17.9. The number of hydrogen-bond acceptors (Lipinski definition) is 5. The SMILES string of the molecule is COc1ccc(C(=O)NCc2cccc(CN3CCCCCC3)c2)cc1S(=O)(=O)N1CCCC1. The van der Waals surface area contributed by atoms with Gasteiger partial charge in [-0.3, -0.25) is 9.69 Å². The number of likely N-dealkylation sites (tertiary alicyclic amines) is 1. The van der Waals surface area contributed by atoms with E-state index in [0.29, 0.717) is 25.2 Å². The Kier molecular flexibility index (Phi) is 8.24. The van der Waals surface area contributed by atoms with E-state index in [-0.39, 0.29) is 16.6 Å². The molecule has 0 radical (unpaired) electrons. The first-order chi connectivity index (χ1) is 16.5. The van der Waals surface area contributed by atoms with Crippen LogP contribution in [0.15, 0.2) is 47.4 Å². The minimum Gasteiger partial charge on any atom is -0.495 e. The lowest BCUT2D eigenvalue weighted by Crippen LogP contribution is -2.29. The Morgan fingerprint density at radius 2 is 1.59 bits per heavy atom. The molecule has 2 aromatic rings. The zero-order valence-electron chi connectivity index (χ0n) is 20.0. The number of ether oxygens (including phenoxy) is 1. The highest BCUT2D eigenvalue weighted by atomic mass is 32.2. The second-order valence-corrected chi connectivity index (χ2v) is 11.1. The fraction of sp³-hybridized carbons (Fsp3) is 0.500. The van der Waals surface area contributed by atoms with Crippen LogP contribution in [0.25, 0.3) is 0 Å². The Labute approximate surface area is 203 Å². The molecule has 1 N–H and O–H groups in total. The molecule has 2 aromatic carbocycles. The maximum Gasteiger partial charge on any atom is 0.251 e. The molecule has 4 rings (SSSR count). The summed E-state index contributed by atoms with van der Waals surface area (Å²) < 4.78 is 33.0. The number of methoxy groups -OCH3 is 1. The van der Waals surface area contributed by atoms with Gasteiger partial charge in [0.15, 0.2) is 0 Å². The molecule has 0 bridgehead atoms. The van der Waals surface area contributed by atoms with Crippen molar-refractivity contribution in [3.8, 4) is 5.75 Å². The van der Waals surface area contributed by atoms with E-state index in [1.165, 1.54) is 48.7 Å². The summed E-state index contributed by atoms with van der Waals surface area (Å²) in [5, 5.41) is 2.94. The Morgan fingerprint density at radius 1 is 0.912 bits per heavy atom. The third kappa shape index (κ3) is 5.98. The largest absolute Gasteiger partial charge is 0.495 e. The number of sulfonamides is 1. The summed E-state index contributed by atoms with van der Waals surface area (Å²) in [6.45, 7) is 4.58. The van der Waals surface area contributed by atoms with Crippen molar-refractivity contribution in [1.82, 2.24) is 14.5 Å². The number of benzene rings is 2. The van der Waals surface area contributed by atoms with Gasteiger partial charge in [0.1, 0.15) is 10.6 Å². The van der Waals surface area contributed by atoms with Gasteiger partial charge in [0.2, 0.25) is 10.0 Å². The van der Waals surface area contributed by atoms with Gasteiger partial charge in [-0.15, -0.1) is 0 Å². The van der Waals surface area contributed by atoms with E-state index >= 15 is 0 Å². The van der Waals surface area contributed by atoms with Gasteiger partial charge in [-0.2, -0.15) is 4.31 Å². The molecule has 0 saturated carbocycles. The minimum absolute atomic E-state index is 0.0454. The lowest BCUT2D eigenvalue weighted by atomic mass is 10.1. The van der Waals surface area contributed by atoms with E-state index in [0.717, 1.165) is 38.0 Å². The molecule has 2 fully saturated rings. The Hall–Kier alpha value is -2.42. The van der Waals surface area contributed by atoms with E-state index in [4.69, 9.17) is 4.74 Å². The molecule has 2 heterocycles. The lowest BCUT2D eigenvalue weighted by molar-refractivity contribution is 0.0950. The Balaban J connectivity index is 1.43. The average molecular weight is 486 g/mol. The summed E-state index contributed by atoms with van der Waals surface area (Å²) in [5.74, 6) is -0.0527. The highest BCUT2D eigenvalue weighted by Crippen LogP contribution is 2.30. The van der Waals surface area contributed by atoms with E-state index in [9.17, 15) is 13.2 Å². The zero-order chi connectivity index (χ0) is 24.0. The lowest BCUT2D eigenvalue weighted by Gasteiger charge is -2.20. The predicted molar refractivity (Wildman–Crippen MR) is 132 cm³/mol. The molecule has 0 unspecified atom stereocenters. The number of nitrogens with one attached hydrogen (secondary N) is 1. The summed E-state index contributed by atoms with van der Waals surface area (Å²) in [7, 11) is -2.26. The molecule has 0 spiro atoms. The van der Waals surface area contributed by atoms with Crippen molar-refractivity contribution in [1.29, 1.82) is 0 Å². The molecule has 2 aliphatic rings. The number of hydrogen-bond donors (Lipinski definition) is 1. The van der Waals surface area contributed by atoms with Crippen LogP contribution < -0.4 is 10.1 Å². The molecular weight excluding hydrogens is 450 g/mol. The molecular formula is C26H35N3O4S. The molecule has 184 valence electrons. The van der Waals surface area contributed by atoms with Crippen molar-refractivity contribution < 1.29 is 17.9 Å². The molecule has 0 aliphatic carbocycles. The molecule has 0 atom stereocenters. The number of carbonyl (C=O) groups is 1. The van der Waals surface area contributed by atoms with Crippen molar-refractivity contribution in [2.24, 2.45) is 0 Å². The topological polar surface area (TPSA) is 79.0 Å². The van der Waals surface area contributed by atoms with Crippen LogP contribution in [-0.2, 0) is 23.1 Å². The van der Waals surface area contributed by atoms with E-state index in [1.54, 1.807) is 12.1 Å². The van der Waals surface area contributed by atoms with Crippen molar-refractivity contribution in [3.05, 3.63) is 59.2 Å². The average Bonchev–Trinajstić information content (AvgIpc) is 3.29. The zero-order valence-corrected chi connectivity index (χ0v) is 20.8. The first-order valence-electron chi connectivity index (χ1n) is 12.2. The van der Waals surface area contributed by atoms with Gasteiger partial charge in [-0.05, 0) is 68.1 Å². The van der Waals surface area contributed by atoms with Gasteiger partial charge in [0, 0.05) is 31.7 Å². The number of amides is 1. The highest BCUT2D eigenvalue weighted by molar-refractivity contribution is 7.89. The summed E-state index contributed by atoms with van der Waals surface area (Å²) in [4.78, 5) is 15.4. The maximum atomic E-state index is 13.1. The van der Waals surface area contributed by atoms with Gasteiger partial charge in [-0.25, -0.2) is 8.42 Å². The number of carbonyl (C=O) groups excluding carboxylic acids is 1. The third-order valence-corrected chi connectivity index (χ3v) is 8.58. The second kappa shape index (κ2) is 11.3. The molecule has 34 heavy (non-hydrogen) atoms. The minimum atomic E-state index is -3.70. The first-order valence-corrected chi connectivity index (χ1v) is 13.7. The molecule has 0 aromatic heterocycles. The monoisotopic (exact) mass is 485 g/mol. The van der Waals surface area contributed by atoms with Gasteiger partial charge >= 0.3 is 0 Å². The highest BCUT2D eigenvalue weighted by Gasteiger charge is 2.30. The van der Waals surface area contributed by atoms with Crippen LogP contribution in [0.3, 0.4) is 0 Å². The third-order valence-electron chi connectivity index (χ3n) is 6.66. The fourth-order valence-electron chi connectivity index (χ4n) is 4.76. The van der Waals surface area contributed by atoms with Crippen LogP contribution in [0.1, 0.15) is 60.0 Å². The first kappa shape index (κ1) is 24.7. The number of rotatable bonds is 8. The molecule has 2 aliphatic heterocycles. The summed E-state index contributed by atoms with van der Waals surface area (Å²) in [5.41, 5.74) is 2.58. The summed E-state index contributed by atoms with van der Waals surface area (Å²) >= 11 is 0. The van der Waals surface area contributed by atoms with Gasteiger partial charge in [-0.1, -0.05) is 37.1 Å². The van der Waals surface area contributed by atoms with E-state index in [1.807, 2.05) is 12.1 Å². The Bertz CT molecular complexity index is 1090. The predicted octanol–water partition coefficient (Wildman–Crippen LogP) is 3.79. The smallest absolute Gasteiger partial charge is 0.251 e. The van der Waals surface area contributed by atoms with Crippen molar-refractivity contribution in [2.75, 3.05) is 33.3 Å². The standard InChI is InChI=1S/C26H35N3O4S/c1-33-24-12-11-23(18-25(24)34(31,32)29-15-6-7-16-29)26(30)27-19-21-9-8-10-22(17-21)20-28-13-4-2-3-5-14-28/h8-12,17-18H,2-7,13-16,19-20H2,1H3,(H,27,30). The molecule has 8 heteroatoms. The molecule has 2 saturated heterocycles. The van der Waals surface area contributed by atoms with Crippen molar-refractivity contribution in [2.45, 2.75) is 56.5 Å². The van der Waals surface area contributed by atoms with Crippen molar-refractivity contribution in [3.63, 3.8) is 0 Å². The van der Waals surface area contributed by atoms with Crippen molar-refractivity contribution >= 4 is 15.9 Å². The van der Waals surface area contributed by atoms with Crippen LogP contribution in [0.5, 0.6) is 5.75 Å². The summed E-state index contributed by atoms with van der Waals surface area (Å²) in [6.07, 6.45) is 6.83. The Morgan fingerprint density at radius 3 is 2.29 bits per heavy atom. The fourth-order valence-corrected chi connectivity index (χ4v) is 6.46. The quantitative estimate of drug-likeness (QED) is 0.616. The molecule has 1 amide bonds. The van der Waals surface area contributed by atoms with E-state index < -0.39 is 10.0 Å². The van der Waals surface area contributed by atoms with Crippen LogP contribution >= 0.6 is 0 Å². The summed E-state index contributed by atoms with van der Waals surface area (Å²) in [6, 6.07) is 12.9.